The molecule has 1 fully saturated rings. The van der Waals surface area contributed by atoms with Gasteiger partial charge in [0, 0.05) is 12.1 Å². The molecular formula is C19H24N2O3. The molecule has 4 rings (SSSR count). The minimum Gasteiger partial charge on any atom is -0.492 e. The number of fused-ring (bicyclic) bond motifs is 2. The second kappa shape index (κ2) is 6.54. The SMILES string of the molecule is COc1c2c(cc3c1[C@@H](C#CCN1CCCC1)N(C)CC3)OCO2. The summed E-state index contributed by atoms with van der Waals surface area (Å²) in [4.78, 5) is 4.72. The normalized spacial score (nSPS) is 22.8. The summed E-state index contributed by atoms with van der Waals surface area (Å²) in [5.74, 6) is 9.17. The Morgan fingerprint density at radius 1 is 1.25 bits per heavy atom. The maximum Gasteiger partial charge on any atom is 0.231 e. The largest absolute Gasteiger partial charge is 0.492 e. The van der Waals surface area contributed by atoms with Crippen molar-refractivity contribution in [3.8, 4) is 29.1 Å². The van der Waals surface area contributed by atoms with Gasteiger partial charge in [0.25, 0.3) is 0 Å². The monoisotopic (exact) mass is 328 g/mol. The van der Waals surface area contributed by atoms with Gasteiger partial charge in [-0.3, -0.25) is 9.80 Å². The first-order valence-corrected chi connectivity index (χ1v) is 8.68. The van der Waals surface area contributed by atoms with Gasteiger partial charge in [-0.15, -0.1) is 0 Å². The molecule has 128 valence electrons. The molecule has 1 saturated heterocycles. The molecule has 0 saturated carbocycles. The Kier molecular flexibility index (Phi) is 4.26. The number of ether oxygens (including phenoxy) is 3. The van der Waals surface area contributed by atoms with E-state index in [9.17, 15) is 0 Å². The fourth-order valence-electron chi connectivity index (χ4n) is 3.81. The van der Waals surface area contributed by atoms with Gasteiger partial charge in [-0.05, 0) is 51.0 Å². The van der Waals surface area contributed by atoms with Gasteiger partial charge in [-0.1, -0.05) is 11.8 Å². The Balaban J connectivity index is 1.67. The van der Waals surface area contributed by atoms with Crippen molar-refractivity contribution in [1.29, 1.82) is 0 Å². The van der Waals surface area contributed by atoms with Crippen LogP contribution in [0, 0.1) is 11.8 Å². The summed E-state index contributed by atoms with van der Waals surface area (Å²) in [6.07, 6.45) is 3.57. The fourth-order valence-corrected chi connectivity index (χ4v) is 3.81. The van der Waals surface area contributed by atoms with E-state index < -0.39 is 0 Å². The van der Waals surface area contributed by atoms with E-state index in [0.29, 0.717) is 0 Å². The summed E-state index contributed by atoms with van der Waals surface area (Å²) in [6.45, 7) is 4.45. The Morgan fingerprint density at radius 2 is 2.08 bits per heavy atom. The van der Waals surface area contributed by atoms with Crippen LogP contribution in [0.5, 0.6) is 17.2 Å². The second-order valence-electron chi connectivity index (χ2n) is 6.65. The third-order valence-electron chi connectivity index (χ3n) is 5.14. The molecule has 0 N–H and O–H groups in total. The third-order valence-corrected chi connectivity index (χ3v) is 5.14. The number of rotatable bonds is 2. The smallest absolute Gasteiger partial charge is 0.231 e. The lowest BCUT2D eigenvalue weighted by Gasteiger charge is -2.32. The topological polar surface area (TPSA) is 34.2 Å². The van der Waals surface area contributed by atoms with Gasteiger partial charge >= 0.3 is 0 Å². The molecule has 0 radical (unpaired) electrons. The Bertz CT molecular complexity index is 686. The molecule has 5 heteroatoms. The first-order valence-electron chi connectivity index (χ1n) is 8.68. The van der Waals surface area contributed by atoms with Crippen LogP contribution in [0.1, 0.15) is 30.0 Å². The van der Waals surface area contributed by atoms with Crippen molar-refractivity contribution in [2.75, 3.05) is 47.1 Å². The molecule has 0 spiro atoms. The molecule has 5 nitrogen and oxygen atoms in total. The van der Waals surface area contributed by atoms with Crippen LogP contribution >= 0.6 is 0 Å². The molecular weight excluding hydrogens is 304 g/mol. The van der Waals surface area contributed by atoms with E-state index in [4.69, 9.17) is 14.2 Å². The van der Waals surface area contributed by atoms with Crippen LogP contribution in [0.2, 0.25) is 0 Å². The molecule has 0 aromatic heterocycles. The van der Waals surface area contributed by atoms with E-state index in [1.807, 2.05) is 0 Å². The van der Waals surface area contributed by atoms with Crippen molar-refractivity contribution in [3.63, 3.8) is 0 Å². The van der Waals surface area contributed by atoms with Crippen LogP contribution in [0.15, 0.2) is 6.07 Å². The summed E-state index contributed by atoms with van der Waals surface area (Å²) >= 11 is 0. The van der Waals surface area contributed by atoms with Crippen LogP contribution in [0.4, 0.5) is 0 Å². The van der Waals surface area contributed by atoms with Crippen molar-refractivity contribution in [3.05, 3.63) is 17.2 Å². The molecule has 24 heavy (non-hydrogen) atoms. The number of nitrogens with zero attached hydrogens (tertiary/aromatic N) is 2. The van der Waals surface area contributed by atoms with E-state index in [0.717, 1.165) is 42.3 Å². The molecule has 1 aromatic rings. The van der Waals surface area contributed by atoms with E-state index in [2.05, 4.69) is 34.8 Å². The van der Waals surface area contributed by atoms with Crippen molar-refractivity contribution < 1.29 is 14.2 Å². The predicted molar refractivity (Wildman–Crippen MR) is 91.6 cm³/mol. The van der Waals surface area contributed by atoms with Gasteiger partial charge in [-0.25, -0.2) is 0 Å². The highest BCUT2D eigenvalue weighted by molar-refractivity contribution is 5.62. The molecule has 0 aliphatic carbocycles. The van der Waals surface area contributed by atoms with Crippen LogP contribution < -0.4 is 14.2 Å². The van der Waals surface area contributed by atoms with Crippen LogP contribution in [0.25, 0.3) is 0 Å². The lowest BCUT2D eigenvalue weighted by atomic mass is 9.91. The van der Waals surface area contributed by atoms with Gasteiger partial charge in [0.2, 0.25) is 12.5 Å². The molecule has 3 aliphatic heterocycles. The quantitative estimate of drug-likeness (QED) is 0.776. The highest BCUT2D eigenvalue weighted by Gasteiger charge is 2.33. The number of likely N-dealkylation sites (tertiary alicyclic amines) is 1. The van der Waals surface area contributed by atoms with Crippen LogP contribution in [0.3, 0.4) is 0 Å². The number of hydrogen-bond donors (Lipinski definition) is 0. The molecule has 0 unspecified atom stereocenters. The highest BCUT2D eigenvalue weighted by Crippen LogP contribution is 2.49. The maximum atomic E-state index is 5.70. The predicted octanol–water partition coefficient (Wildman–Crippen LogP) is 2.05. The fraction of sp³-hybridized carbons (Fsp3) is 0.579. The zero-order valence-corrected chi connectivity index (χ0v) is 14.4. The summed E-state index contributed by atoms with van der Waals surface area (Å²) in [5.41, 5.74) is 2.40. The minimum absolute atomic E-state index is 0.0424. The Morgan fingerprint density at radius 3 is 2.88 bits per heavy atom. The standard InChI is InChI=1S/C19H24N2O3/c1-20-11-7-14-12-16-18(24-13-23-16)19(22-2)17(14)15(20)6-5-10-21-8-3-4-9-21/h12,15H,3-4,7-11,13H2,1-2H3/t15-/m1/s1. The van der Waals surface area contributed by atoms with Gasteiger partial charge in [0.15, 0.2) is 11.5 Å². The van der Waals surface area contributed by atoms with Crippen molar-refractivity contribution in [1.82, 2.24) is 9.80 Å². The van der Waals surface area contributed by atoms with Crippen molar-refractivity contribution in [2.45, 2.75) is 25.3 Å². The minimum atomic E-state index is 0.0424. The van der Waals surface area contributed by atoms with Gasteiger partial charge < -0.3 is 14.2 Å². The molecule has 1 atom stereocenters. The van der Waals surface area contributed by atoms with E-state index in [1.54, 1.807) is 7.11 Å². The van der Waals surface area contributed by atoms with E-state index in [-0.39, 0.29) is 12.8 Å². The third kappa shape index (κ3) is 2.70. The lowest BCUT2D eigenvalue weighted by Crippen LogP contribution is -2.32. The van der Waals surface area contributed by atoms with Crippen LogP contribution in [-0.2, 0) is 6.42 Å². The number of benzene rings is 1. The average molecular weight is 328 g/mol. The zero-order chi connectivity index (χ0) is 16.5. The first kappa shape index (κ1) is 15.6. The van der Waals surface area contributed by atoms with Gasteiger partial charge in [-0.2, -0.15) is 0 Å². The van der Waals surface area contributed by atoms with Gasteiger partial charge in [0.1, 0.15) is 6.04 Å². The zero-order valence-electron chi connectivity index (χ0n) is 14.4. The first-order chi connectivity index (χ1) is 11.8. The number of methoxy groups -OCH3 is 1. The summed E-state index contributed by atoms with van der Waals surface area (Å²) < 4.78 is 16.9. The van der Waals surface area contributed by atoms with Gasteiger partial charge in [0.05, 0.1) is 13.7 Å². The molecule has 0 amide bonds. The van der Waals surface area contributed by atoms with E-state index >= 15 is 0 Å². The van der Waals surface area contributed by atoms with E-state index in [1.165, 1.54) is 31.5 Å². The number of likely N-dealkylation sites (N-methyl/N-ethyl adjacent to an activating group) is 1. The number of hydrogen-bond acceptors (Lipinski definition) is 5. The highest BCUT2D eigenvalue weighted by atomic mass is 16.7. The maximum absolute atomic E-state index is 5.70. The lowest BCUT2D eigenvalue weighted by molar-refractivity contribution is 0.171. The molecule has 3 aliphatic rings. The van der Waals surface area contributed by atoms with Crippen molar-refractivity contribution >= 4 is 0 Å². The Labute approximate surface area is 143 Å². The second-order valence-corrected chi connectivity index (χ2v) is 6.65. The summed E-state index contributed by atoms with van der Waals surface area (Å²) in [6, 6.07) is 2.14. The van der Waals surface area contributed by atoms with Crippen LogP contribution in [-0.4, -0.2) is 56.9 Å². The Hall–Kier alpha value is -1.90. The molecule has 3 heterocycles. The molecule has 1 aromatic carbocycles. The average Bonchev–Trinajstić information content (AvgIpc) is 3.26. The van der Waals surface area contributed by atoms with Crippen molar-refractivity contribution in [2.24, 2.45) is 0 Å². The summed E-state index contributed by atoms with van der Waals surface area (Å²) in [5, 5.41) is 0. The summed E-state index contributed by atoms with van der Waals surface area (Å²) in [7, 11) is 3.82. The molecule has 0 bridgehead atoms.